The number of hydrogen-bond donors (Lipinski definition) is 1. The molecule has 10 heteroatoms. The van der Waals surface area contributed by atoms with Crippen molar-refractivity contribution in [2.24, 2.45) is 7.05 Å². The highest BCUT2D eigenvalue weighted by Crippen LogP contribution is 2.37. The number of nitrogens with zero attached hydrogens (tertiary/aromatic N) is 2. The van der Waals surface area contributed by atoms with Gasteiger partial charge in [0.25, 0.3) is 0 Å². The van der Waals surface area contributed by atoms with Crippen molar-refractivity contribution in [3.05, 3.63) is 39.5 Å². The van der Waals surface area contributed by atoms with Crippen LogP contribution in [0.3, 0.4) is 0 Å². The second-order valence-corrected chi connectivity index (χ2v) is 5.04. The second-order valence-electron chi connectivity index (χ2n) is 4.16. The lowest BCUT2D eigenvalue weighted by atomic mass is 10.2. The molecule has 0 saturated carbocycles. The number of carbonyl (C=O) groups is 1. The fourth-order valence-corrected chi connectivity index (χ4v) is 2.22. The fourth-order valence-electron chi connectivity index (χ4n) is 1.72. The number of hydrogen-bond acceptors (Lipinski definition) is 3. The summed E-state index contributed by atoms with van der Waals surface area (Å²) in [4.78, 5) is 11.1. The van der Waals surface area contributed by atoms with E-state index in [-0.39, 0.29) is 15.8 Å². The predicted octanol–water partition coefficient (Wildman–Crippen LogP) is 4.24. The van der Waals surface area contributed by atoms with Gasteiger partial charge in [-0.3, -0.25) is 0 Å². The molecule has 22 heavy (non-hydrogen) atoms. The van der Waals surface area contributed by atoms with Gasteiger partial charge in [0.15, 0.2) is 11.3 Å². The lowest BCUT2D eigenvalue weighted by Gasteiger charge is -2.08. The van der Waals surface area contributed by atoms with E-state index in [9.17, 15) is 18.0 Å². The lowest BCUT2D eigenvalue weighted by molar-refractivity contribution is -0.141. The number of alkyl halides is 3. The molecule has 0 aliphatic carbocycles. The zero-order chi connectivity index (χ0) is 16.7. The van der Waals surface area contributed by atoms with Crippen molar-refractivity contribution in [3.63, 3.8) is 0 Å². The molecule has 0 atom stereocenters. The van der Waals surface area contributed by atoms with Crippen LogP contribution in [0.15, 0.2) is 18.2 Å². The Morgan fingerprint density at radius 2 is 1.82 bits per heavy atom. The van der Waals surface area contributed by atoms with Crippen LogP contribution in [-0.2, 0) is 13.2 Å². The molecule has 0 bridgehead atoms. The van der Waals surface area contributed by atoms with Gasteiger partial charge in [0, 0.05) is 17.1 Å². The third kappa shape index (κ3) is 3.28. The summed E-state index contributed by atoms with van der Waals surface area (Å²) in [6, 6.07) is 3.94. The molecule has 2 rings (SSSR count). The van der Waals surface area contributed by atoms with Crippen LogP contribution in [0.1, 0.15) is 16.1 Å². The molecule has 0 spiro atoms. The van der Waals surface area contributed by atoms with Crippen LogP contribution < -0.4 is 4.74 Å². The molecule has 1 heterocycles. The first-order valence-corrected chi connectivity index (χ1v) is 6.36. The molecular weight excluding hydrogens is 348 g/mol. The van der Waals surface area contributed by atoms with Crippen LogP contribution in [0.5, 0.6) is 11.6 Å². The molecule has 1 aromatic heterocycles. The Hall–Kier alpha value is -1.93. The summed E-state index contributed by atoms with van der Waals surface area (Å²) in [5.41, 5.74) is -2.64. The molecule has 0 aliphatic heterocycles. The molecule has 0 amide bonds. The Morgan fingerprint density at radius 3 is 2.27 bits per heavy atom. The van der Waals surface area contributed by atoms with Crippen LogP contribution in [0.4, 0.5) is 13.2 Å². The maximum Gasteiger partial charge on any atom is 0.436 e. The maximum atomic E-state index is 12.8. The zero-order valence-electron chi connectivity index (χ0n) is 10.8. The molecular formula is C12H7Cl2F3N2O3. The minimum Gasteiger partial charge on any atom is -0.477 e. The van der Waals surface area contributed by atoms with Gasteiger partial charge in [0.05, 0.1) is 0 Å². The van der Waals surface area contributed by atoms with E-state index in [1.54, 1.807) is 0 Å². The molecule has 5 nitrogen and oxygen atoms in total. The number of aromatic nitrogens is 2. The van der Waals surface area contributed by atoms with E-state index >= 15 is 0 Å². The van der Waals surface area contributed by atoms with E-state index in [4.69, 9.17) is 33.0 Å². The van der Waals surface area contributed by atoms with Gasteiger partial charge < -0.3 is 9.84 Å². The molecule has 0 fully saturated rings. The van der Waals surface area contributed by atoms with E-state index in [2.05, 4.69) is 5.10 Å². The van der Waals surface area contributed by atoms with Crippen LogP contribution >= 0.6 is 23.2 Å². The Balaban J connectivity index is 2.55. The first-order valence-electron chi connectivity index (χ1n) is 5.61. The van der Waals surface area contributed by atoms with Gasteiger partial charge in [0.2, 0.25) is 5.88 Å². The van der Waals surface area contributed by atoms with E-state index in [1.807, 2.05) is 0 Å². The lowest BCUT2D eigenvalue weighted by Crippen LogP contribution is -2.12. The largest absolute Gasteiger partial charge is 0.477 e. The number of aromatic carboxylic acids is 1. The molecule has 0 radical (unpaired) electrons. The van der Waals surface area contributed by atoms with Gasteiger partial charge >= 0.3 is 12.1 Å². The van der Waals surface area contributed by atoms with Gasteiger partial charge in [-0.05, 0) is 18.2 Å². The average molecular weight is 355 g/mol. The molecule has 0 unspecified atom stereocenters. The summed E-state index contributed by atoms with van der Waals surface area (Å²) < 4.78 is 44.4. The summed E-state index contributed by atoms with van der Waals surface area (Å²) in [5, 5.41) is 12.5. The minimum atomic E-state index is -4.93. The summed E-state index contributed by atoms with van der Waals surface area (Å²) in [5.74, 6) is -2.42. The Labute approximate surface area is 131 Å². The van der Waals surface area contributed by atoms with Crippen LogP contribution in [0.2, 0.25) is 10.0 Å². The number of aryl methyl sites for hydroxylation is 1. The molecule has 118 valence electrons. The monoisotopic (exact) mass is 354 g/mol. The second kappa shape index (κ2) is 5.69. The van der Waals surface area contributed by atoms with Gasteiger partial charge in [-0.2, -0.15) is 18.3 Å². The van der Waals surface area contributed by atoms with E-state index in [0.717, 1.165) is 7.05 Å². The van der Waals surface area contributed by atoms with Crippen molar-refractivity contribution >= 4 is 29.2 Å². The van der Waals surface area contributed by atoms with Gasteiger partial charge in [-0.1, -0.05) is 23.2 Å². The van der Waals surface area contributed by atoms with Gasteiger partial charge in [-0.25, -0.2) is 9.48 Å². The standard InChI is InChI=1S/C12H7Cl2F3N2O3/c1-19-10(22-7-3-5(13)2-6(14)4-7)8(11(20)21)9(18-19)12(15,16)17/h2-4H,1H3,(H,20,21). The van der Waals surface area contributed by atoms with E-state index in [1.165, 1.54) is 18.2 Å². The molecule has 0 aliphatic rings. The zero-order valence-corrected chi connectivity index (χ0v) is 12.3. The normalized spacial score (nSPS) is 11.5. The van der Waals surface area contributed by atoms with Crippen LogP contribution in [0.25, 0.3) is 0 Å². The molecule has 1 N–H and O–H groups in total. The van der Waals surface area contributed by atoms with E-state index in [0.29, 0.717) is 4.68 Å². The van der Waals surface area contributed by atoms with E-state index < -0.39 is 29.3 Å². The van der Waals surface area contributed by atoms with Gasteiger partial charge in [0.1, 0.15) is 5.75 Å². The van der Waals surface area contributed by atoms with Crippen molar-refractivity contribution in [3.8, 4) is 11.6 Å². The number of rotatable bonds is 3. The molecule has 2 aromatic rings. The van der Waals surface area contributed by atoms with Crippen LogP contribution in [-0.4, -0.2) is 20.9 Å². The summed E-state index contributed by atoms with van der Waals surface area (Å²) >= 11 is 11.5. The van der Waals surface area contributed by atoms with Crippen molar-refractivity contribution in [2.45, 2.75) is 6.18 Å². The Morgan fingerprint density at radius 1 is 1.27 bits per heavy atom. The third-order valence-electron chi connectivity index (χ3n) is 2.53. The molecule has 1 aromatic carbocycles. The average Bonchev–Trinajstić information content (AvgIpc) is 2.65. The fraction of sp³-hybridized carbons (Fsp3) is 0.167. The number of carboxylic acid groups (broad SMARTS) is 1. The van der Waals surface area contributed by atoms with Gasteiger partial charge in [-0.15, -0.1) is 0 Å². The van der Waals surface area contributed by atoms with Crippen molar-refractivity contribution in [1.29, 1.82) is 0 Å². The van der Waals surface area contributed by atoms with Crippen molar-refractivity contribution < 1.29 is 27.8 Å². The SMILES string of the molecule is Cn1nc(C(F)(F)F)c(C(=O)O)c1Oc1cc(Cl)cc(Cl)c1. The number of ether oxygens (including phenoxy) is 1. The molecule has 0 saturated heterocycles. The first-order chi connectivity index (χ1) is 10.1. The highest BCUT2D eigenvalue weighted by atomic mass is 35.5. The highest BCUT2D eigenvalue weighted by molar-refractivity contribution is 6.34. The summed E-state index contributed by atoms with van der Waals surface area (Å²) in [6.45, 7) is 0. The quantitative estimate of drug-likeness (QED) is 0.895. The summed E-state index contributed by atoms with van der Waals surface area (Å²) in [6.07, 6.45) is -4.93. The Bertz CT molecular complexity index is 724. The van der Waals surface area contributed by atoms with Crippen molar-refractivity contribution in [2.75, 3.05) is 0 Å². The Kier molecular flexibility index (Phi) is 4.25. The maximum absolute atomic E-state index is 12.8. The summed E-state index contributed by atoms with van der Waals surface area (Å²) in [7, 11) is 1.13. The number of benzene rings is 1. The first kappa shape index (κ1) is 16.4. The highest BCUT2D eigenvalue weighted by Gasteiger charge is 2.42. The topological polar surface area (TPSA) is 64.4 Å². The number of carboxylic acids is 1. The van der Waals surface area contributed by atoms with Crippen molar-refractivity contribution in [1.82, 2.24) is 9.78 Å². The third-order valence-corrected chi connectivity index (χ3v) is 2.96. The van der Waals surface area contributed by atoms with Crippen LogP contribution in [0, 0.1) is 0 Å². The number of halogens is 5. The smallest absolute Gasteiger partial charge is 0.436 e. The predicted molar refractivity (Wildman–Crippen MR) is 71.7 cm³/mol. The minimum absolute atomic E-state index is 0.0169.